The third kappa shape index (κ3) is 2.77. The van der Waals surface area contributed by atoms with Crippen LogP contribution in [0.25, 0.3) is 5.52 Å². The van der Waals surface area contributed by atoms with Gasteiger partial charge in [-0.1, -0.05) is 13.8 Å². The zero-order valence-corrected chi connectivity index (χ0v) is 12.5. The second-order valence-corrected chi connectivity index (χ2v) is 5.00. The quantitative estimate of drug-likeness (QED) is 0.770. The molecule has 0 aliphatic carbocycles. The minimum absolute atomic E-state index is 0.0256. The molecule has 1 amide bonds. The van der Waals surface area contributed by atoms with Gasteiger partial charge in [0.1, 0.15) is 0 Å². The van der Waals surface area contributed by atoms with Gasteiger partial charge in [0.15, 0.2) is 0 Å². The Morgan fingerprint density at radius 1 is 1.40 bits per heavy atom. The van der Waals surface area contributed by atoms with Crippen LogP contribution in [-0.2, 0) is 0 Å². The molecule has 6 heteroatoms. The van der Waals surface area contributed by atoms with E-state index in [1.807, 2.05) is 4.90 Å². The molecule has 0 spiro atoms. The van der Waals surface area contributed by atoms with Crippen molar-refractivity contribution >= 4 is 23.0 Å². The van der Waals surface area contributed by atoms with Gasteiger partial charge in [0.05, 0.1) is 23.5 Å². The Morgan fingerprint density at radius 2 is 2.15 bits per heavy atom. The van der Waals surface area contributed by atoms with E-state index in [-0.39, 0.29) is 11.9 Å². The average Bonchev–Trinajstić information content (AvgIpc) is 2.91. The van der Waals surface area contributed by atoms with Gasteiger partial charge < -0.3 is 4.90 Å². The Bertz CT molecular complexity index is 579. The van der Waals surface area contributed by atoms with E-state index in [0.717, 1.165) is 18.4 Å². The molecule has 0 aliphatic heterocycles. The van der Waals surface area contributed by atoms with Crippen LogP contribution in [0.4, 0.5) is 0 Å². The van der Waals surface area contributed by atoms with E-state index in [1.54, 1.807) is 29.3 Å². The van der Waals surface area contributed by atoms with Gasteiger partial charge in [-0.05, 0) is 12.8 Å². The Labute approximate surface area is 123 Å². The molecule has 2 aromatic heterocycles. The number of aromatic nitrogens is 3. The molecule has 20 heavy (non-hydrogen) atoms. The van der Waals surface area contributed by atoms with E-state index in [2.05, 4.69) is 23.9 Å². The highest BCUT2D eigenvalue weighted by molar-refractivity contribution is 6.18. The van der Waals surface area contributed by atoms with Crippen LogP contribution in [0.3, 0.4) is 0 Å². The zero-order valence-electron chi connectivity index (χ0n) is 11.8. The molecule has 0 aliphatic rings. The first-order valence-electron chi connectivity index (χ1n) is 6.87. The molecule has 0 saturated carbocycles. The molecular weight excluding hydrogens is 276 g/mol. The SMILES string of the molecule is CCC(CC)N(CCCl)C(=O)c1cnn2ccncc12. The summed E-state index contributed by atoms with van der Waals surface area (Å²) >= 11 is 5.85. The first-order valence-corrected chi connectivity index (χ1v) is 7.40. The normalized spacial score (nSPS) is 11.2. The summed E-state index contributed by atoms with van der Waals surface area (Å²) in [5.41, 5.74) is 1.30. The molecular formula is C14H19ClN4O. The molecule has 0 radical (unpaired) electrons. The number of carbonyl (C=O) groups is 1. The van der Waals surface area contributed by atoms with E-state index in [4.69, 9.17) is 11.6 Å². The van der Waals surface area contributed by atoms with Crippen molar-refractivity contribution in [3.63, 3.8) is 0 Å². The molecule has 5 nitrogen and oxygen atoms in total. The Kier molecular flexibility index (Phi) is 4.95. The van der Waals surface area contributed by atoms with Crippen LogP contribution in [-0.4, -0.2) is 43.9 Å². The summed E-state index contributed by atoms with van der Waals surface area (Å²) in [6, 6.07) is 0.202. The maximum absolute atomic E-state index is 12.8. The number of fused-ring (bicyclic) bond motifs is 1. The Morgan fingerprint density at radius 3 is 2.80 bits per heavy atom. The van der Waals surface area contributed by atoms with Crippen LogP contribution in [0.1, 0.15) is 37.0 Å². The average molecular weight is 295 g/mol. The number of amides is 1. The summed E-state index contributed by atoms with van der Waals surface area (Å²) < 4.78 is 1.66. The van der Waals surface area contributed by atoms with Crippen molar-refractivity contribution < 1.29 is 4.79 Å². The highest BCUT2D eigenvalue weighted by atomic mass is 35.5. The van der Waals surface area contributed by atoms with Crippen LogP contribution in [0, 0.1) is 0 Å². The molecule has 2 heterocycles. The van der Waals surface area contributed by atoms with E-state index in [1.165, 1.54) is 0 Å². The lowest BCUT2D eigenvalue weighted by molar-refractivity contribution is 0.0683. The highest BCUT2D eigenvalue weighted by Crippen LogP contribution is 2.17. The monoisotopic (exact) mass is 294 g/mol. The van der Waals surface area contributed by atoms with E-state index >= 15 is 0 Å². The predicted molar refractivity (Wildman–Crippen MR) is 79.1 cm³/mol. The van der Waals surface area contributed by atoms with Crippen molar-refractivity contribution in [2.75, 3.05) is 12.4 Å². The van der Waals surface area contributed by atoms with Crippen molar-refractivity contribution in [2.45, 2.75) is 32.7 Å². The van der Waals surface area contributed by atoms with Crippen LogP contribution in [0.15, 0.2) is 24.8 Å². The number of halogens is 1. The molecule has 0 N–H and O–H groups in total. The van der Waals surface area contributed by atoms with Crippen LogP contribution >= 0.6 is 11.6 Å². The number of alkyl halides is 1. The van der Waals surface area contributed by atoms with Crippen LogP contribution in [0.2, 0.25) is 0 Å². The van der Waals surface area contributed by atoms with Crippen molar-refractivity contribution in [3.05, 3.63) is 30.4 Å². The molecule has 0 unspecified atom stereocenters. The third-order valence-electron chi connectivity index (χ3n) is 3.52. The van der Waals surface area contributed by atoms with Crippen molar-refractivity contribution in [1.82, 2.24) is 19.5 Å². The lowest BCUT2D eigenvalue weighted by atomic mass is 10.1. The largest absolute Gasteiger partial charge is 0.334 e. The lowest BCUT2D eigenvalue weighted by Crippen LogP contribution is -2.41. The second kappa shape index (κ2) is 6.70. The summed E-state index contributed by atoms with van der Waals surface area (Å²) in [4.78, 5) is 18.7. The van der Waals surface area contributed by atoms with Gasteiger partial charge in [0, 0.05) is 30.9 Å². The first kappa shape index (κ1) is 14.8. The first-order chi connectivity index (χ1) is 9.72. The Hall–Kier alpha value is -1.62. The van der Waals surface area contributed by atoms with E-state index < -0.39 is 0 Å². The maximum Gasteiger partial charge on any atom is 0.258 e. The number of hydrogen-bond donors (Lipinski definition) is 0. The van der Waals surface area contributed by atoms with Crippen molar-refractivity contribution in [3.8, 4) is 0 Å². The molecule has 108 valence electrons. The van der Waals surface area contributed by atoms with E-state index in [9.17, 15) is 4.79 Å². The van der Waals surface area contributed by atoms with Crippen LogP contribution < -0.4 is 0 Å². The fourth-order valence-electron chi connectivity index (χ4n) is 2.42. The molecule has 0 saturated heterocycles. The fraction of sp³-hybridized carbons (Fsp3) is 0.500. The molecule has 0 atom stereocenters. The fourth-order valence-corrected chi connectivity index (χ4v) is 2.61. The molecule has 0 aromatic carbocycles. The number of carbonyl (C=O) groups excluding carboxylic acids is 1. The number of nitrogens with zero attached hydrogens (tertiary/aromatic N) is 4. The summed E-state index contributed by atoms with van der Waals surface area (Å²) in [6.45, 7) is 4.71. The standard InChI is InChI=1S/C14H19ClN4O/c1-3-11(4-2)18(7-5-15)14(20)12-9-17-19-8-6-16-10-13(12)19/h6,8-11H,3-5,7H2,1-2H3. The lowest BCUT2D eigenvalue weighted by Gasteiger charge is -2.29. The van der Waals surface area contributed by atoms with Crippen molar-refractivity contribution in [2.24, 2.45) is 0 Å². The van der Waals surface area contributed by atoms with Gasteiger partial charge in [0.25, 0.3) is 5.91 Å². The van der Waals surface area contributed by atoms with Gasteiger partial charge in [0.2, 0.25) is 0 Å². The van der Waals surface area contributed by atoms with Crippen molar-refractivity contribution in [1.29, 1.82) is 0 Å². The number of rotatable bonds is 6. The minimum atomic E-state index is -0.0256. The minimum Gasteiger partial charge on any atom is -0.334 e. The summed E-state index contributed by atoms with van der Waals surface area (Å²) in [5.74, 6) is 0.405. The molecule has 2 aromatic rings. The number of hydrogen-bond acceptors (Lipinski definition) is 3. The van der Waals surface area contributed by atoms with Gasteiger partial charge in [-0.2, -0.15) is 5.10 Å². The van der Waals surface area contributed by atoms with Gasteiger partial charge in [-0.3, -0.25) is 9.78 Å². The maximum atomic E-state index is 12.8. The summed E-state index contributed by atoms with van der Waals surface area (Å²) in [6.07, 6.45) is 8.46. The molecule has 0 fully saturated rings. The van der Waals surface area contributed by atoms with Gasteiger partial charge in [-0.15, -0.1) is 11.6 Å². The van der Waals surface area contributed by atoms with Crippen LogP contribution in [0.5, 0.6) is 0 Å². The summed E-state index contributed by atoms with van der Waals surface area (Å²) in [5, 5.41) is 4.19. The van der Waals surface area contributed by atoms with Gasteiger partial charge >= 0.3 is 0 Å². The molecule has 2 rings (SSSR count). The van der Waals surface area contributed by atoms with Gasteiger partial charge in [-0.25, -0.2) is 4.52 Å². The molecule has 0 bridgehead atoms. The zero-order chi connectivity index (χ0) is 14.5. The third-order valence-corrected chi connectivity index (χ3v) is 3.69. The highest BCUT2D eigenvalue weighted by Gasteiger charge is 2.24. The second-order valence-electron chi connectivity index (χ2n) is 4.62. The Balaban J connectivity index is 2.36. The smallest absolute Gasteiger partial charge is 0.258 e. The van der Waals surface area contributed by atoms with E-state index in [0.29, 0.717) is 18.0 Å². The summed E-state index contributed by atoms with van der Waals surface area (Å²) in [7, 11) is 0. The predicted octanol–water partition coefficient (Wildman–Crippen LogP) is 2.60. The topological polar surface area (TPSA) is 50.5 Å².